The molecule has 0 saturated heterocycles. The number of non-ortho nitro benzene ring substituents is 1. The summed E-state index contributed by atoms with van der Waals surface area (Å²) in [5.74, 6) is 0.609. The number of para-hydroxylation sites is 2. The van der Waals surface area contributed by atoms with E-state index >= 15 is 0 Å². The Balaban J connectivity index is 2.07. The molecule has 0 radical (unpaired) electrons. The molecule has 0 unspecified atom stereocenters. The fraction of sp³-hybridized carbons (Fsp3) is 0.0500. The summed E-state index contributed by atoms with van der Waals surface area (Å²) in [5, 5.41) is 20.7. The number of nitro groups is 1. The molecule has 0 aliphatic rings. The van der Waals surface area contributed by atoms with Gasteiger partial charge < -0.3 is 9.30 Å². The van der Waals surface area contributed by atoms with Crippen LogP contribution in [-0.4, -0.2) is 26.6 Å². The molecule has 0 bridgehead atoms. The summed E-state index contributed by atoms with van der Waals surface area (Å²) >= 11 is 0. The van der Waals surface area contributed by atoms with E-state index in [1.54, 1.807) is 30.0 Å². The lowest BCUT2D eigenvalue weighted by Gasteiger charge is -2.12. The Labute approximate surface area is 159 Å². The molecule has 28 heavy (non-hydrogen) atoms. The summed E-state index contributed by atoms with van der Waals surface area (Å²) in [6, 6.07) is 15.7. The minimum Gasteiger partial charge on any atom is -0.495 e. The van der Waals surface area contributed by atoms with Crippen molar-refractivity contribution < 1.29 is 9.66 Å². The quantitative estimate of drug-likeness (QED) is 0.398. The van der Waals surface area contributed by atoms with Crippen LogP contribution in [0.5, 0.6) is 5.75 Å². The number of hydrogen-bond donors (Lipinski definition) is 0. The van der Waals surface area contributed by atoms with E-state index in [2.05, 4.69) is 16.0 Å². The lowest BCUT2D eigenvalue weighted by molar-refractivity contribution is -0.384. The van der Waals surface area contributed by atoms with Gasteiger partial charge in [0.25, 0.3) is 5.69 Å². The van der Waals surface area contributed by atoms with Crippen molar-refractivity contribution in [3.8, 4) is 28.8 Å². The van der Waals surface area contributed by atoms with E-state index in [-0.39, 0.29) is 5.69 Å². The summed E-state index contributed by atoms with van der Waals surface area (Å²) in [4.78, 5) is 19.4. The average molecular weight is 371 g/mol. The molecule has 4 rings (SSSR count). The highest BCUT2D eigenvalue weighted by Gasteiger charge is 2.19. The minimum absolute atomic E-state index is 0.0415. The first kappa shape index (κ1) is 17.2. The number of methoxy groups -OCH3 is 1. The highest BCUT2D eigenvalue weighted by molar-refractivity contribution is 5.95. The number of nitrogens with zero attached hydrogens (tertiary/aromatic N) is 5. The van der Waals surface area contributed by atoms with Gasteiger partial charge in [-0.05, 0) is 12.1 Å². The highest BCUT2D eigenvalue weighted by Crippen LogP contribution is 2.34. The van der Waals surface area contributed by atoms with E-state index in [4.69, 9.17) is 4.74 Å². The predicted octanol–water partition coefficient (Wildman–Crippen LogP) is 3.88. The zero-order chi connectivity index (χ0) is 19.7. The molecular weight excluding hydrogens is 358 g/mol. The Kier molecular flexibility index (Phi) is 4.18. The topological polar surface area (TPSA) is 107 Å². The molecule has 0 spiro atoms. The summed E-state index contributed by atoms with van der Waals surface area (Å²) in [6.07, 6.45) is 3.02. The molecule has 2 heterocycles. The van der Waals surface area contributed by atoms with Crippen LogP contribution in [0.25, 0.3) is 28.0 Å². The minimum atomic E-state index is -0.456. The van der Waals surface area contributed by atoms with Gasteiger partial charge in [0, 0.05) is 23.9 Å². The molecule has 4 aromatic rings. The molecule has 136 valence electrons. The van der Waals surface area contributed by atoms with Gasteiger partial charge in [-0.3, -0.25) is 10.1 Å². The first-order valence-electron chi connectivity index (χ1n) is 8.28. The van der Waals surface area contributed by atoms with Gasteiger partial charge in [-0.15, -0.1) is 0 Å². The van der Waals surface area contributed by atoms with Crippen molar-refractivity contribution in [1.29, 1.82) is 5.26 Å². The third-order valence-corrected chi connectivity index (χ3v) is 4.37. The molecule has 2 aromatic heterocycles. The smallest absolute Gasteiger partial charge is 0.270 e. The van der Waals surface area contributed by atoms with Crippen LogP contribution in [0.2, 0.25) is 0 Å². The van der Waals surface area contributed by atoms with E-state index in [1.807, 2.05) is 24.3 Å². The Morgan fingerprint density at radius 3 is 2.75 bits per heavy atom. The maximum absolute atomic E-state index is 11.2. The van der Waals surface area contributed by atoms with Gasteiger partial charge in [-0.2, -0.15) is 5.26 Å². The Morgan fingerprint density at radius 1 is 1.18 bits per heavy atom. The molecule has 0 atom stereocenters. The number of benzene rings is 2. The van der Waals surface area contributed by atoms with Gasteiger partial charge >= 0.3 is 0 Å². The number of hydrogen-bond acceptors (Lipinski definition) is 6. The maximum Gasteiger partial charge on any atom is 0.270 e. The molecule has 8 heteroatoms. The summed E-state index contributed by atoms with van der Waals surface area (Å²) in [6.45, 7) is 0. The van der Waals surface area contributed by atoms with Gasteiger partial charge in [0.2, 0.25) is 0 Å². The third kappa shape index (κ3) is 2.71. The van der Waals surface area contributed by atoms with Crippen molar-refractivity contribution in [2.45, 2.75) is 0 Å². The Hall–Kier alpha value is -4.25. The van der Waals surface area contributed by atoms with Crippen molar-refractivity contribution in [2.24, 2.45) is 0 Å². The Morgan fingerprint density at radius 2 is 2.00 bits per heavy atom. The monoisotopic (exact) mass is 371 g/mol. The standard InChI is InChI=1S/C20H13N5O3/c1-28-17-8-3-2-7-16(17)24-11-14(10-21)19-20(24)18(22-12-23-19)13-5-4-6-15(9-13)25(26)27/h2-9,11-12H,1H3. The van der Waals surface area contributed by atoms with Crippen LogP contribution >= 0.6 is 0 Å². The van der Waals surface area contributed by atoms with Crippen LogP contribution in [0.4, 0.5) is 5.69 Å². The zero-order valence-electron chi connectivity index (χ0n) is 14.7. The molecule has 8 nitrogen and oxygen atoms in total. The first-order valence-corrected chi connectivity index (χ1v) is 8.28. The first-order chi connectivity index (χ1) is 13.6. The molecule has 0 aliphatic carbocycles. The highest BCUT2D eigenvalue weighted by atomic mass is 16.6. The largest absolute Gasteiger partial charge is 0.495 e. The molecule has 0 N–H and O–H groups in total. The number of aromatic nitrogens is 3. The lowest BCUT2D eigenvalue weighted by atomic mass is 10.1. The van der Waals surface area contributed by atoms with Crippen LogP contribution in [0.3, 0.4) is 0 Å². The van der Waals surface area contributed by atoms with Gasteiger partial charge in [0.1, 0.15) is 23.7 Å². The van der Waals surface area contributed by atoms with Crippen molar-refractivity contribution in [2.75, 3.05) is 7.11 Å². The average Bonchev–Trinajstić information content (AvgIpc) is 3.12. The fourth-order valence-corrected chi connectivity index (χ4v) is 3.14. The van der Waals surface area contributed by atoms with Crippen LogP contribution in [-0.2, 0) is 0 Å². The zero-order valence-corrected chi connectivity index (χ0v) is 14.7. The lowest BCUT2D eigenvalue weighted by Crippen LogP contribution is -1.99. The normalized spacial score (nSPS) is 10.6. The van der Waals surface area contributed by atoms with Crippen LogP contribution in [0, 0.1) is 21.4 Å². The number of rotatable bonds is 4. The van der Waals surface area contributed by atoms with E-state index in [0.29, 0.717) is 39.3 Å². The number of nitriles is 1. The van der Waals surface area contributed by atoms with Crippen LogP contribution in [0.1, 0.15) is 5.56 Å². The maximum atomic E-state index is 11.2. The van der Waals surface area contributed by atoms with Crippen molar-refractivity contribution in [3.05, 3.63) is 76.7 Å². The number of nitro benzene ring substituents is 1. The number of fused-ring (bicyclic) bond motifs is 1. The third-order valence-electron chi connectivity index (χ3n) is 4.37. The van der Waals surface area contributed by atoms with Crippen LogP contribution in [0.15, 0.2) is 61.1 Å². The van der Waals surface area contributed by atoms with Crippen molar-refractivity contribution >= 4 is 16.7 Å². The molecule has 0 aliphatic heterocycles. The van der Waals surface area contributed by atoms with Gasteiger partial charge in [-0.1, -0.05) is 24.3 Å². The predicted molar refractivity (Wildman–Crippen MR) is 102 cm³/mol. The van der Waals surface area contributed by atoms with Gasteiger partial charge in [0.05, 0.1) is 34.5 Å². The second-order valence-corrected chi connectivity index (χ2v) is 5.92. The molecule has 0 amide bonds. The van der Waals surface area contributed by atoms with E-state index in [1.165, 1.54) is 18.5 Å². The second-order valence-electron chi connectivity index (χ2n) is 5.92. The molecule has 0 fully saturated rings. The van der Waals surface area contributed by atoms with Gasteiger partial charge in [-0.25, -0.2) is 9.97 Å². The van der Waals surface area contributed by atoms with Crippen LogP contribution < -0.4 is 4.74 Å². The molecule has 0 saturated carbocycles. The number of ether oxygens (including phenoxy) is 1. The molecular formula is C20H13N5O3. The van der Waals surface area contributed by atoms with Gasteiger partial charge in [0.15, 0.2) is 0 Å². The van der Waals surface area contributed by atoms with Crippen molar-refractivity contribution in [3.63, 3.8) is 0 Å². The summed E-state index contributed by atoms with van der Waals surface area (Å²) < 4.78 is 7.23. The second kappa shape index (κ2) is 6.81. The van der Waals surface area contributed by atoms with E-state index < -0.39 is 4.92 Å². The summed E-state index contributed by atoms with van der Waals surface area (Å²) in [7, 11) is 1.56. The SMILES string of the molecule is COc1ccccc1-n1cc(C#N)c2ncnc(-c3cccc([N+](=O)[O-])c3)c21. The van der Waals surface area contributed by atoms with E-state index in [9.17, 15) is 15.4 Å². The van der Waals surface area contributed by atoms with Crippen molar-refractivity contribution in [1.82, 2.24) is 14.5 Å². The Bertz CT molecular complexity index is 1260. The molecule has 2 aromatic carbocycles. The fourth-order valence-electron chi connectivity index (χ4n) is 3.14. The van der Waals surface area contributed by atoms with E-state index in [0.717, 1.165) is 0 Å². The summed E-state index contributed by atoms with van der Waals surface area (Å²) in [5.41, 5.74) is 3.11.